The van der Waals surface area contributed by atoms with E-state index in [4.69, 9.17) is 4.98 Å². The van der Waals surface area contributed by atoms with Crippen molar-refractivity contribution >= 4 is 44.5 Å². The van der Waals surface area contributed by atoms with E-state index in [2.05, 4.69) is 67.4 Å². The molecule has 21 heavy (non-hydrogen) atoms. The number of benzene rings is 1. The minimum Gasteiger partial charge on any atom is -0.327 e. The van der Waals surface area contributed by atoms with Crippen molar-refractivity contribution in [3.05, 3.63) is 46.4 Å². The molecule has 0 saturated heterocycles. The van der Waals surface area contributed by atoms with Gasteiger partial charge in [0.2, 0.25) is 0 Å². The lowest BCUT2D eigenvalue weighted by molar-refractivity contribution is 0.636. The van der Waals surface area contributed by atoms with E-state index >= 15 is 0 Å². The van der Waals surface area contributed by atoms with Crippen molar-refractivity contribution < 1.29 is 0 Å². The molecule has 4 heteroatoms. The summed E-state index contributed by atoms with van der Waals surface area (Å²) in [6, 6.07) is 8.32. The Morgan fingerprint density at radius 1 is 1.24 bits per heavy atom. The van der Waals surface area contributed by atoms with Crippen molar-refractivity contribution in [2.24, 2.45) is 0 Å². The zero-order valence-electron chi connectivity index (χ0n) is 12.1. The highest BCUT2D eigenvalue weighted by molar-refractivity contribution is 14.1. The van der Waals surface area contributed by atoms with Crippen LogP contribution in [0.15, 0.2) is 40.6 Å². The number of fused-ring (bicyclic) bond motifs is 3. The summed E-state index contributed by atoms with van der Waals surface area (Å²) in [4.78, 5) is 9.28. The van der Waals surface area contributed by atoms with Gasteiger partial charge in [-0.15, -0.1) is 0 Å². The van der Waals surface area contributed by atoms with Crippen LogP contribution in [0.4, 0.5) is 0 Å². The first-order valence-electron chi connectivity index (χ1n) is 7.33. The minimum atomic E-state index is 0.950. The Balaban J connectivity index is 2.12. The van der Waals surface area contributed by atoms with Gasteiger partial charge >= 0.3 is 0 Å². The normalized spacial score (nSPS) is 11.9. The molecule has 0 spiro atoms. The zero-order chi connectivity index (χ0) is 14.7. The number of pyridine rings is 1. The van der Waals surface area contributed by atoms with Crippen molar-refractivity contribution in [1.82, 2.24) is 14.5 Å². The van der Waals surface area contributed by atoms with E-state index < -0.39 is 0 Å². The molecule has 3 nitrogen and oxygen atoms in total. The molecule has 1 aromatic carbocycles. The molecular weight excluding hydrogens is 373 g/mol. The number of nitrogens with zero attached hydrogens (tertiary/aromatic N) is 3. The molecule has 2 heterocycles. The molecule has 0 atom stereocenters. The summed E-state index contributed by atoms with van der Waals surface area (Å²) >= 11 is 2.27. The number of para-hydroxylation sites is 1. The van der Waals surface area contributed by atoms with Crippen LogP contribution >= 0.6 is 22.6 Å². The first kappa shape index (κ1) is 14.5. The largest absolute Gasteiger partial charge is 0.327 e. The van der Waals surface area contributed by atoms with Gasteiger partial charge in [-0.25, -0.2) is 4.98 Å². The second-order valence-corrected chi connectivity index (χ2v) is 5.77. The quantitative estimate of drug-likeness (QED) is 0.459. The Hall–Kier alpha value is -1.43. The third-order valence-electron chi connectivity index (χ3n) is 3.72. The number of rotatable bonds is 5. The number of hydrogen-bond acceptors (Lipinski definition) is 2. The molecule has 0 aliphatic heterocycles. The van der Waals surface area contributed by atoms with Gasteiger partial charge in [-0.3, -0.25) is 4.98 Å². The highest BCUT2D eigenvalue weighted by Gasteiger charge is 2.12. The number of aromatic nitrogens is 3. The monoisotopic (exact) mass is 391 g/mol. The molecule has 0 amide bonds. The summed E-state index contributed by atoms with van der Waals surface area (Å²) in [6.07, 6.45) is 7.30. The summed E-state index contributed by atoms with van der Waals surface area (Å²) in [5, 5.41) is 1.20. The Bertz CT molecular complexity index is 789. The smallest absolute Gasteiger partial charge is 0.109 e. The highest BCUT2D eigenvalue weighted by atomic mass is 127. The van der Waals surface area contributed by atoms with E-state index in [0.717, 1.165) is 42.7 Å². The Kier molecular flexibility index (Phi) is 4.53. The Labute approximate surface area is 138 Å². The fraction of sp³-hybridized carbons (Fsp3) is 0.294. The molecule has 0 fully saturated rings. The number of allylic oxidation sites excluding steroid dienone is 1. The van der Waals surface area contributed by atoms with Crippen LogP contribution in [0.5, 0.6) is 0 Å². The van der Waals surface area contributed by atoms with Gasteiger partial charge in [0.05, 0.1) is 17.2 Å². The first-order valence-corrected chi connectivity index (χ1v) is 8.57. The van der Waals surface area contributed by atoms with Crippen LogP contribution in [0.3, 0.4) is 0 Å². The summed E-state index contributed by atoms with van der Waals surface area (Å²) in [5.74, 6) is 1.15. The molecule has 0 aliphatic rings. The van der Waals surface area contributed by atoms with E-state index in [1.54, 1.807) is 0 Å². The van der Waals surface area contributed by atoms with Gasteiger partial charge in [-0.1, -0.05) is 53.8 Å². The molecule has 0 unspecified atom stereocenters. The molecule has 0 N–H and O–H groups in total. The SMILES string of the molecule is CCc1nc2cnc3ccccc3c2n1CCC/C=C/I. The lowest BCUT2D eigenvalue weighted by atomic mass is 10.2. The molecular formula is C17H18IN3. The molecule has 0 bridgehead atoms. The van der Waals surface area contributed by atoms with Crippen LogP contribution in [0.2, 0.25) is 0 Å². The standard InChI is InChI=1S/C17H18IN3/c1-2-16-20-15-12-19-14-9-5-4-8-13(14)17(15)21(16)11-7-3-6-10-18/h4-6,8-10,12H,2-3,7,11H2,1H3/b10-6+. The lowest BCUT2D eigenvalue weighted by Crippen LogP contribution is -2.03. The number of unbranched alkanes of at least 4 members (excludes halogenated alkanes) is 1. The van der Waals surface area contributed by atoms with Crippen LogP contribution in [-0.2, 0) is 13.0 Å². The fourth-order valence-corrected chi connectivity index (χ4v) is 3.11. The molecule has 0 radical (unpaired) electrons. The van der Waals surface area contributed by atoms with Crippen LogP contribution in [0, 0.1) is 0 Å². The zero-order valence-corrected chi connectivity index (χ0v) is 14.2. The number of aryl methyl sites for hydroxylation is 2. The van der Waals surface area contributed by atoms with Crippen LogP contribution in [0.25, 0.3) is 21.9 Å². The van der Waals surface area contributed by atoms with E-state index in [0.29, 0.717) is 0 Å². The summed E-state index contributed by atoms with van der Waals surface area (Å²) in [5.41, 5.74) is 3.28. The third-order valence-corrected chi connectivity index (χ3v) is 4.23. The van der Waals surface area contributed by atoms with Gasteiger partial charge in [0, 0.05) is 18.4 Å². The van der Waals surface area contributed by atoms with Crippen molar-refractivity contribution in [3.63, 3.8) is 0 Å². The van der Waals surface area contributed by atoms with Crippen molar-refractivity contribution in [2.45, 2.75) is 32.7 Å². The van der Waals surface area contributed by atoms with Crippen LogP contribution in [-0.4, -0.2) is 14.5 Å². The maximum atomic E-state index is 4.76. The summed E-state index contributed by atoms with van der Waals surface area (Å²) in [6.45, 7) is 3.17. The van der Waals surface area contributed by atoms with Gasteiger partial charge in [-0.2, -0.15) is 0 Å². The van der Waals surface area contributed by atoms with Crippen LogP contribution < -0.4 is 0 Å². The summed E-state index contributed by atoms with van der Waals surface area (Å²) < 4.78 is 4.46. The minimum absolute atomic E-state index is 0.950. The van der Waals surface area contributed by atoms with Crippen molar-refractivity contribution in [1.29, 1.82) is 0 Å². The average Bonchev–Trinajstić information content (AvgIpc) is 2.90. The van der Waals surface area contributed by atoms with Crippen molar-refractivity contribution in [3.8, 4) is 0 Å². The number of hydrogen-bond donors (Lipinski definition) is 0. The van der Waals surface area contributed by atoms with Gasteiger partial charge in [0.1, 0.15) is 11.3 Å². The van der Waals surface area contributed by atoms with Gasteiger partial charge < -0.3 is 4.57 Å². The molecule has 108 valence electrons. The molecule has 2 aromatic heterocycles. The first-order chi connectivity index (χ1) is 10.3. The number of imidazole rings is 1. The predicted octanol–water partition coefficient (Wildman–Crippen LogP) is 4.88. The van der Waals surface area contributed by atoms with E-state index in [1.807, 2.05) is 12.3 Å². The third kappa shape index (κ3) is 2.81. The molecule has 0 saturated carbocycles. The van der Waals surface area contributed by atoms with Crippen LogP contribution in [0.1, 0.15) is 25.6 Å². The van der Waals surface area contributed by atoms with Gasteiger partial charge in [-0.05, 0) is 23.0 Å². The maximum absolute atomic E-state index is 4.76. The van der Waals surface area contributed by atoms with Gasteiger partial charge in [0.25, 0.3) is 0 Å². The Morgan fingerprint density at radius 3 is 2.90 bits per heavy atom. The van der Waals surface area contributed by atoms with E-state index in [-0.39, 0.29) is 0 Å². The Morgan fingerprint density at radius 2 is 2.10 bits per heavy atom. The lowest BCUT2D eigenvalue weighted by Gasteiger charge is -2.08. The van der Waals surface area contributed by atoms with Gasteiger partial charge in [0.15, 0.2) is 0 Å². The maximum Gasteiger partial charge on any atom is 0.109 e. The summed E-state index contributed by atoms with van der Waals surface area (Å²) in [7, 11) is 0. The topological polar surface area (TPSA) is 30.7 Å². The molecule has 3 rings (SSSR count). The van der Waals surface area contributed by atoms with Crippen molar-refractivity contribution in [2.75, 3.05) is 0 Å². The highest BCUT2D eigenvalue weighted by Crippen LogP contribution is 2.25. The molecule has 3 aromatic rings. The number of halogens is 1. The molecule has 0 aliphatic carbocycles. The predicted molar refractivity (Wildman–Crippen MR) is 96.8 cm³/mol. The van der Waals surface area contributed by atoms with E-state index in [9.17, 15) is 0 Å². The fourth-order valence-electron chi connectivity index (χ4n) is 2.75. The second-order valence-electron chi connectivity index (χ2n) is 5.05. The second kappa shape index (κ2) is 6.56. The van der Waals surface area contributed by atoms with E-state index in [1.165, 1.54) is 10.9 Å². The average molecular weight is 391 g/mol.